The molecular weight excluding hydrogens is 470 g/mol. The van der Waals surface area contributed by atoms with Gasteiger partial charge in [-0.25, -0.2) is 4.39 Å². The van der Waals surface area contributed by atoms with Crippen LogP contribution >= 0.6 is 24.0 Å². The minimum atomic E-state index is -0.205. The number of hydrogen-bond donors (Lipinski definition) is 1. The van der Waals surface area contributed by atoms with Gasteiger partial charge in [0.25, 0.3) is 0 Å². The van der Waals surface area contributed by atoms with Crippen molar-refractivity contribution < 1.29 is 9.13 Å². The lowest BCUT2D eigenvalue weighted by Gasteiger charge is -2.28. The Morgan fingerprint density at radius 3 is 2.61 bits per heavy atom. The minimum Gasteiger partial charge on any atom is -0.381 e. The van der Waals surface area contributed by atoms with Gasteiger partial charge in [0.2, 0.25) is 0 Å². The Morgan fingerprint density at radius 1 is 1.29 bits per heavy atom. The van der Waals surface area contributed by atoms with Gasteiger partial charge in [-0.1, -0.05) is 12.1 Å². The van der Waals surface area contributed by atoms with Crippen LogP contribution in [0.1, 0.15) is 37.8 Å². The van der Waals surface area contributed by atoms with Crippen LogP contribution in [0.2, 0.25) is 0 Å². The van der Waals surface area contributed by atoms with Crippen molar-refractivity contribution >= 4 is 29.9 Å². The summed E-state index contributed by atoms with van der Waals surface area (Å²) in [5.41, 5.74) is 0.949. The molecular formula is C21H36FIN4O. The van der Waals surface area contributed by atoms with E-state index in [-0.39, 0.29) is 35.8 Å². The quantitative estimate of drug-likeness (QED) is 0.331. The number of benzene rings is 1. The van der Waals surface area contributed by atoms with Gasteiger partial charge >= 0.3 is 0 Å². The number of rotatable bonds is 8. The molecule has 5 nitrogen and oxygen atoms in total. The lowest BCUT2D eigenvalue weighted by Crippen LogP contribution is -2.40. The topological polar surface area (TPSA) is 40.1 Å². The molecule has 1 N–H and O–H groups in total. The van der Waals surface area contributed by atoms with Crippen molar-refractivity contribution in [2.24, 2.45) is 10.9 Å². The minimum absolute atomic E-state index is 0. The first-order valence-electron chi connectivity index (χ1n) is 10.00. The van der Waals surface area contributed by atoms with Crippen LogP contribution in [0, 0.1) is 11.7 Å². The molecule has 160 valence electrons. The molecule has 1 unspecified atom stereocenters. The maximum atomic E-state index is 13.6. The smallest absolute Gasteiger partial charge is 0.193 e. The standard InChI is InChI=1S/C21H35FN4O.HI/c1-5-23-21(26(4)12-9-17-10-13-27-14-11-17)24-16-20(25(2)3)18-7-6-8-19(22)15-18;/h6-8,15,17,20H,5,9-14,16H2,1-4H3,(H,23,24);1H. The van der Waals surface area contributed by atoms with Gasteiger partial charge in [-0.05, 0) is 63.9 Å². The van der Waals surface area contributed by atoms with E-state index in [1.54, 1.807) is 12.1 Å². The fourth-order valence-corrected chi connectivity index (χ4v) is 3.44. The van der Waals surface area contributed by atoms with Gasteiger partial charge in [-0.2, -0.15) is 0 Å². The Labute approximate surface area is 186 Å². The Hall–Kier alpha value is -0.930. The second-order valence-electron chi connectivity index (χ2n) is 7.50. The van der Waals surface area contributed by atoms with Crippen LogP contribution in [0.3, 0.4) is 0 Å². The van der Waals surface area contributed by atoms with E-state index in [0.717, 1.165) is 63.0 Å². The van der Waals surface area contributed by atoms with Crippen LogP contribution in [0.4, 0.5) is 4.39 Å². The summed E-state index contributed by atoms with van der Waals surface area (Å²) in [7, 11) is 6.10. The van der Waals surface area contributed by atoms with Gasteiger partial charge in [0.05, 0.1) is 12.6 Å². The number of likely N-dealkylation sites (N-methyl/N-ethyl adjacent to an activating group) is 1. The molecule has 1 aromatic carbocycles. The molecule has 0 amide bonds. The number of halogens is 2. The van der Waals surface area contributed by atoms with E-state index >= 15 is 0 Å². The van der Waals surface area contributed by atoms with Crippen LogP contribution in [-0.4, -0.2) is 69.8 Å². The zero-order valence-electron chi connectivity index (χ0n) is 17.7. The Balaban J connectivity index is 0.00000392. The highest BCUT2D eigenvalue weighted by atomic mass is 127. The number of nitrogens with zero attached hydrogens (tertiary/aromatic N) is 3. The molecule has 1 saturated heterocycles. The maximum Gasteiger partial charge on any atom is 0.193 e. The second-order valence-corrected chi connectivity index (χ2v) is 7.50. The van der Waals surface area contributed by atoms with Gasteiger partial charge in [0.15, 0.2) is 5.96 Å². The van der Waals surface area contributed by atoms with Crippen molar-refractivity contribution in [3.05, 3.63) is 35.6 Å². The summed E-state index contributed by atoms with van der Waals surface area (Å²) in [4.78, 5) is 9.14. The van der Waals surface area contributed by atoms with Crippen LogP contribution in [0.25, 0.3) is 0 Å². The number of hydrogen-bond acceptors (Lipinski definition) is 3. The molecule has 0 bridgehead atoms. The van der Waals surface area contributed by atoms with Crippen LogP contribution in [0.15, 0.2) is 29.3 Å². The number of nitrogens with one attached hydrogen (secondary N) is 1. The Kier molecular flexibility index (Phi) is 11.9. The summed E-state index contributed by atoms with van der Waals surface area (Å²) in [5.74, 6) is 1.45. The zero-order chi connectivity index (χ0) is 19.6. The monoisotopic (exact) mass is 506 g/mol. The van der Waals surface area contributed by atoms with E-state index in [1.165, 1.54) is 6.07 Å². The van der Waals surface area contributed by atoms with Gasteiger partial charge in [0.1, 0.15) is 5.82 Å². The lowest BCUT2D eigenvalue weighted by molar-refractivity contribution is 0.0625. The molecule has 0 spiro atoms. The fourth-order valence-electron chi connectivity index (χ4n) is 3.44. The van der Waals surface area contributed by atoms with Crippen molar-refractivity contribution in [3.63, 3.8) is 0 Å². The molecule has 1 atom stereocenters. The third-order valence-corrected chi connectivity index (χ3v) is 5.18. The van der Waals surface area contributed by atoms with E-state index in [4.69, 9.17) is 9.73 Å². The lowest BCUT2D eigenvalue weighted by atomic mass is 9.96. The largest absolute Gasteiger partial charge is 0.381 e. The molecule has 1 aliphatic heterocycles. The SMILES string of the molecule is CCNC(=NCC(c1cccc(F)c1)N(C)C)N(C)CCC1CCOCC1.I. The summed E-state index contributed by atoms with van der Waals surface area (Å²) >= 11 is 0. The fraction of sp³-hybridized carbons (Fsp3) is 0.667. The number of ether oxygens (including phenoxy) is 1. The predicted octanol–water partition coefficient (Wildman–Crippen LogP) is 3.76. The normalized spacial score (nSPS) is 16.6. The first-order valence-corrected chi connectivity index (χ1v) is 10.00. The highest BCUT2D eigenvalue weighted by Gasteiger charge is 2.17. The second kappa shape index (κ2) is 13.3. The average Bonchev–Trinajstić information content (AvgIpc) is 2.66. The highest BCUT2D eigenvalue weighted by Crippen LogP contribution is 2.20. The van der Waals surface area contributed by atoms with E-state index in [1.807, 2.05) is 20.2 Å². The maximum absolute atomic E-state index is 13.6. The van der Waals surface area contributed by atoms with Gasteiger partial charge in [-0.3, -0.25) is 4.99 Å². The van der Waals surface area contributed by atoms with E-state index in [9.17, 15) is 4.39 Å². The van der Waals surface area contributed by atoms with E-state index in [0.29, 0.717) is 6.54 Å². The molecule has 1 fully saturated rings. The first kappa shape index (κ1) is 25.1. The van der Waals surface area contributed by atoms with Crippen molar-refractivity contribution in [1.29, 1.82) is 0 Å². The summed E-state index contributed by atoms with van der Waals surface area (Å²) in [6, 6.07) is 6.84. The van der Waals surface area contributed by atoms with E-state index in [2.05, 4.69) is 29.1 Å². The zero-order valence-corrected chi connectivity index (χ0v) is 20.0. The third kappa shape index (κ3) is 8.21. The van der Waals surface area contributed by atoms with Gasteiger partial charge in [-0.15, -0.1) is 24.0 Å². The molecule has 2 rings (SSSR count). The summed E-state index contributed by atoms with van der Waals surface area (Å²) < 4.78 is 19.1. The van der Waals surface area contributed by atoms with Crippen molar-refractivity contribution in [3.8, 4) is 0 Å². The van der Waals surface area contributed by atoms with Gasteiger partial charge < -0.3 is 19.9 Å². The number of aliphatic imine (C=N–C) groups is 1. The molecule has 1 heterocycles. The Morgan fingerprint density at radius 2 is 2.00 bits per heavy atom. The van der Waals surface area contributed by atoms with Crippen LogP contribution in [0.5, 0.6) is 0 Å². The van der Waals surface area contributed by atoms with Crippen molar-refractivity contribution in [2.75, 3.05) is 54.0 Å². The molecule has 28 heavy (non-hydrogen) atoms. The van der Waals surface area contributed by atoms with Gasteiger partial charge in [0, 0.05) is 33.4 Å². The summed E-state index contributed by atoms with van der Waals surface area (Å²) in [6.45, 7) is 6.25. The molecule has 7 heteroatoms. The van der Waals surface area contributed by atoms with E-state index < -0.39 is 0 Å². The summed E-state index contributed by atoms with van der Waals surface area (Å²) in [5, 5.41) is 3.39. The van der Waals surface area contributed by atoms with Crippen LogP contribution in [-0.2, 0) is 4.74 Å². The Bertz CT molecular complexity index is 594. The predicted molar refractivity (Wildman–Crippen MR) is 125 cm³/mol. The summed E-state index contributed by atoms with van der Waals surface area (Å²) in [6.07, 6.45) is 3.47. The molecule has 1 aromatic rings. The van der Waals surface area contributed by atoms with Crippen molar-refractivity contribution in [1.82, 2.24) is 15.1 Å². The molecule has 0 aliphatic carbocycles. The van der Waals surface area contributed by atoms with Crippen molar-refractivity contribution in [2.45, 2.75) is 32.2 Å². The molecule has 0 radical (unpaired) electrons. The molecule has 1 aliphatic rings. The number of guanidine groups is 1. The van der Waals surface area contributed by atoms with Crippen LogP contribution < -0.4 is 5.32 Å². The highest BCUT2D eigenvalue weighted by molar-refractivity contribution is 14.0. The molecule has 0 saturated carbocycles. The average molecular weight is 506 g/mol. The first-order chi connectivity index (χ1) is 13.0. The third-order valence-electron chi connectivity index (χ3n) is 5.18. The molecule has 0 aromatic heterocycles.